The normalized spacial score (nSPS) is 17.7. The Morgan fingerprint density at radius 2 is 2.12 bits per heavy atom. The molecule has 0 atom stereocenters. The van der Waals surface area contributed by atoms with Crippen LogP contribution in [0, 0.1) is 0 Å². The molecule has 0 spiro atoms. The van der Waals surface area contributed by atoms with E-state index in [1.54, 1.807) is 0 Å². The summed E-state index contributed by atoms with van der Waals surface area (Å²) in [6, 6.07) is 4.11. The van der Waals surface area contributed by atoms with Crippen LogP contribution in [-0.2, 0) is 6.54 Å². The van der Waals surface area contributed by atoms with E-state index in [1.807, 2.05) is 6.07 Å². The Balaban J connectivity index is 2.00. The van der Waals surface area contributed by atoms with Crippen molar-refractivity contribution in [1.29, 1.82) is 0 Å². The van der Waals surface area contributed by atoms with E-state index in [4.69, 9.17) is 10.7 Å². The zero-order chi connectivity index (χ0) is 11.7. The maximum absolute atomic E-state index is 5.75. The first-order valence-electron chi connectivity index (χ1n) is 6.55. The van der Waals surface area contributed by atoms with Crippen molar-refractivity contribution in [2.24, 2.45) is 5.73 Å². The molecule has 0 aromatic carbocycles. The van der Waals surface area contributed by atoms with Gasteiger partial charge in [0.15, 0.2) is 0 Å². The first kappa shape index (κ1) is 10.8. The number of nitrogens with zero attached hydrogens (tertiary/aromatic N) is 2. The second-order valence-electron chi connectivity index (χ2n) is 4.97. The summed E-state index contributed by atoms with van der Waals surface area (Å²) in [5, 5.41) is 0. The number of hydrogen-bond donors (Lipinski definition) is 1. The summed E-state index contributed by atoms with van der Waals surface area (Å²) in [5.41, 5.74) is 9.18. The van der Waals surface area contributed by atoms with Crippen molar-refractivity contribution < 1.29 is 0 Å². The van der Waals surface area contributed by atoms with E-state index in [0.29, 0.717) is 12.5 Å². The zero-order valence-corrected chi connectivity index (χ0v) is 10.1. The average molecular weight is 229 g/mol. The predicted molar refractivity (Wildman–Crippen MR) is 68.9 cm³/mol. The Morgan fingerprint density at radius 1 is 1.29 bits per heavy atom. The smallest absolute Gasteiger partial charge is 0.141 e. The first-order chi connectivity index (χ1) is 8.38. The topological polar surface area (TPSA) is 43.3 Å². The minimum absolute atomic E-state index is 0.561. The van der Waals surface area contributed by atoms with Gasteiger partial charge in [-0.25, -0.2) is 4.98 Å². The van der Waals surface area contributed by atoms with Gasteiger partial charge >= 0.3 is 0 Å². The average Bonchev–Trinajstić information content (AvgIpc) is 2.83. The highest BCUT2D eigenvalue weighted by molar-refractivity contribution is 5.49. The van der Waals surface area contributed by atoms with E-state index in [-0.39, 0.29) is 0 Å². The molecule has 1 saturated carbocycles. The molecular formula is C14H19N3. The molecule has 1 fully saturated rings. The highest BCUT2D eigenvalue weighted by Crippen LogP contribution is 2.32. The molecule has 17 heavy (non-hydrogen) atoms. The lowest BCUT2D eigenvalue weighted by Gasteiger charge is -2.19. The van der Waals surface area contributed by atoms with E-state index in [9.17, 15) is 0 Å². The van der Waals surface area contributed by atoms with Gasteiger partial charge in [0.25, 0.3) is 0 Å². The lowest BCUT2D eigenvalue weighted by Crippen LogP contribution is -2.04. The molecule has 0 unspecified atom stereocenters. The number of hydrogen-bond acceptors (Lipinski definition) is 2. The molecule has 3 rings (SSSR count). The van der Waals surface area contributed by atoms with Gasteiger partial charge in [-0.1, -0.05) is 25.3 Å². The maximum Gasteiger partial charge on any atom is 0.141 e. The fraction of sp³-hybridized carbons (Fsp3) is 0.500. The zero-order valence-electron chi connectivity index (χ0n) is 10.1. The predicted octanol–water partition coefficient (Wildman–Crippen LogP) is 2.84. The van der Waals surface area contributed by atoms with Gasteiger partial charge in [-0.15, -0.1) is 0 Å². The van der Waals surface area contributed by atoms with Gasteiger partial charge in [-0.05, 0) is 18.9 Å². The number of rotatable bonds is 2. The monoisotopic (exact) mass is 229 g/mol. The Labute approximate surface area is 102 Å². The number of aromatic nitrogens is 2. The molecule has 1 aliphatic carbocycles. The third kappa shape index (κ3) is 1.95. The van der Waals surface area contributed by atoms with Gasteiger partial charge in [0.05, 0.1) is 5.69 Å². The summed E-state index contributed by atoms with van der Waals surface area (Å²) in [7, 11) is 0. The largest absolute Gasteiger partial charge is 0.326 e. The molecule has 2 heterocycles. The number of pyridine rings is 1. The summed E-state index contributed by atoms with van der Waals surface area (Å²) in [4.78, 5) is 4.79. The van der Waals surface area contributed by atoms with Crippen LogP contribution in [0.15, 0.2) is 24.5 Å². The van der Waals surface area contributed by atoms with Crippen molar-refractivity contribution in [3.63, 3.8) is 0 Å². The molecule has 0 amide bonds. The Bertz CT molecular complexity index is 509. The summed E-state index contributed by atoms with van der Waals surface area (Å²) >= 11 is 0. The van der Waals surface area contributed by atoms with E-state index in [0.717, 1.165) is 11.2 Å². The molecule has 1 aliphatic rings. The van der Waals surface area contributed by atoms with Gasteiger partial charge in [0.1, 0.15) is 5.65 Å². The molecule has 0 saturated heterocycles. The highest BCUT2D eigenvalue weighted by Gasteiger charge is 2.18. The minimum Gasteiger partial charge on any atom is -0.326 e. The fourth-order valence-electron chi connectivity index (χ4n) is 2.84. The van der Waals surface area contributed by atoms with Crippen molar-refractivity contribution in [2.75, 3.05) is 0 Å². The molecule has 2 aromatic heterocycles. The summed E-state index contributed by atoms with van der Waals surface area (Å²) < 4.78 is 2.12. The number of imidazole rings is 1. The van der Waals surface area contributed by atoms with Crippen molar-refractivity contribution in [3.8, 4) is 0 Å². The Hall–Kier alpha value is -1.35. The molecule has 90 valence electrons. The second kappa shape index (κ2) is 4.49. The van der Waals surface area contributed by atoms with Gasteiger partial charge in [0, 0.05) is 30.4 Å². The standard InChI is InChI=1S/C14H19N3/c15-9-12-7-4-8-17-10-13(16-14(12)17)11-5-2-1-3-6-11/h4,7-8,10-11H,1-3,5-6,9,15H2. The number of nitrogens with two attached hydrogens (primary N) is 1. The van der Waals surface area contributed by atoms with Crippen LogP contribution < -0.4 is 5.73 Å². The van der Waals surface area contributed by atoms with E-state index in [1.165, 1.54) is 37.8 Å². The molecule has 3 heteroatoms. The quantitative estimate of drug-likeness (QED) is 0.860. The molecule has 3 nitrogen and oxygen atoms in total. The van der Waals surface area contributed by atoms with Crippen molar-refractivity contribution in [1.82, 2.24) is 9.38 Å². The lowest BCUT2D eigenvalue weighted by molar-refractivity contribution is 0.438. The van der Waals surface area contributed by atoms with Crippen molar-refractivity contribution in [2.45, 2.75) is 44.6 Å². The molecule has 2 aromatic rings. The van der Waals surface area contributed by atoms with Crippen LogP contribution in [0.1, 0.15) is 49.3 Å². The van der Waals surface area contributed by atoms with Crippen LogP contribution >= 0.6 is 0 Å². The third-order valence-electron chi connectivity index (χ3n) is 3.83. The van der Waals surface area contributed by atoms with Crippen LogP contribution in [0.4, 0.5) is 0 Å². The third-order valence-corrected chi connectivity index (χ3v) is 3.83. The molecule has 0 bridgehead atoms. The van der Waals surface area contributed by atoms with Gasteiger partial charge < -0.3 is 10.1 Å². The number of fused-ring (bicyclic) bond motifs is 1. The first-order valence-corrected chi connectivity index (χ1v) is 6.55. The summed E-state index contributed by atoms with van der Waals surface area (Å²) in [6.45, 7) is 0.561. The van der Waals surface area contributed by atoms with Gasteiger partial charge in [0.2, 0.25) is 0 Å². The van der Waals surface area contributed by atoms with Gasteiger partial charge in [-0.2, -0.15) is 0 Å². The SMILES string of the molecule is NCc1cccn2cc(C3CCCCC3)nc12. The molecule has 0 radical (unpaired) electrons. The fourth-order valence-corrected chi connectivity index (χ4v) is 2.84. The van der Waals surface area contributed by atoms with Crippen LogP contribution in [0.5, 0.6) is 0 Å². The lowest BCUT2D eigenvalue weighted by atomic mass is 9.87. The Morgan fingerprint density at radius 3 is 2.88 bits per heavy atom. The highest BCUT2D eigenvalue weighted by atomic mass is 15.0. The van der Waals surface area contributed by atoms with Crippen LogP contribution in [0.2, 0.25) is 0 Å². The van der Waals surface area contributed by atoms with Gasteiger partial charge in [-0.3, -0.25) is 0 Å². The van der Waals surface area contributed by atoms with E-state index >= 15 is 0 Å². The van der Waals surface area contributed by atoms with Crippen molar-refractivity contribution in [3.05, 3.63) is 35.8 Å². The minimum atomic E-state index is 0.561. The Kier molecular flexibility index (Phi) is 2.85. The van der Waals surface area contributed by atoms with E-state index < -0.39 is 0 Å². The second-order valence-corrected chi connectivity index (χ2v) is 4.97. The van der Waals surface area contributed by atoms with Crippen molar-refractivity contribution >= 4 is 5.65 Å². The molecule has 2 N–H and O–H groups in total. The van der Waals surface area contributed by atoms with Crippen LogP contribution in [0.25, 0.3) is 5.65 Å². The van der Waals surface area contributed by atoms with Crippen LogP contribution in [0.3, 0.4) is 0 Å². The van der Waals surface area contributed by atoms with E-state index in [2.05, 4.69) is 22.9 Å². The van der Waals surface area contributed by atoms with Crippen LogP contribution in [-0.4, -0.2) is 9.38 Å². The molecule has 0 aliphatic heterocycles. The summed E-state index contributed by atoms with van der Waals surface area (Å²) in [6.07, 6.45) is 10.9. The maximum atomic E-state index is 5.75. The molecular weight excluding hydrogens is 210 g/mol. The summed E-state index contributed by atoms with van der Waals surface area (Å²) in [5.74, 6) is 0.661.